The Balaban J connectivity index is 2.47. The minimum absolute atomic E-state index is 0.00153. The van der Waals surface area contributed by atoms with Gasteiger partial charge in [-0.25, -0.2) is 0 Å². The quantitative estimate of drug-likeness (QED) is 0.776. The largest absolute Gasteiger partial charge is 0.484 e. The zero-order chi connectivity index (χ0) is 14.3. The van der Waals surface area contributed by atoms with E-state index in [1.807, 2.05) is 0 Å². The summed E-state index contributed by atoms with van der Waals surface area (Å²) in [6.07, 6.45) is 0. The molecule has 0 aromatic heterocycles. The molecule has 0 spiro atoms. The summed E-state index contributed by atoms with van der Waals surface area (Å²) in [4.78, 5) is 24.1. The Morgan fingerprint density at radius 1 is 1.21 bits per heavy atom. The van der Waals surface area contributed by atoms with E-state index >= 15 is 0 Å². The van der Waals surface area contributed by atoms with E-state index < -0.39 is 0 Å². The summed E-state index contributed by atoms with van der Waals surface area (Å²) in [5, 5.41) is 5.48. The lowest BCUT2D eigenvalue weighted by molar-refractivity contribution is -0.130. The van der Waals surface area contributed by atoms with Crippen molar-refractivity contribution in [3.05, 3.63) is 24.3 Å². The average molecular weight is 265 g/mol. The van der Waals surface area contributed by atoms with Crippen LogP contribution in [0.2, 0.25) is 0 Å². The molecule has 0 saturated carbocycles. The van der Waals surface area contributed by atoms with Crippen molar-refractivity contribution in [2.45, 2.75) is 0 Å². The normalized spacial score (nSPS) is 9.84. The molecule has 0 radical (unpaired) electrons. The number of carbonyl (C=O) groups is 2. The highest BCUT2D eigenvalue weighted by atomic mass is 16.5. The van der Waals surface area contributed by atoms with E-state index in [-0.39, 0.29) is 25.0 Å². The standard InChI is InChI=1S/C13H19N3O3/c1-14-8-12(17)15-10-4-6-11(7-5-10)19-9-13(18)16(2)3/h4-7,14H,8-9H2,1-3H3,(H,15,17). The van der Waals surface area contributed by atoms with Crippen LogP contribution in [0.1, 0.15) is 0 Å². The minimum Gasteiger partial charge on any atom is -0.484 e. The lowest BCUT2D eigenvalue weighted by Gasteiger charge is -2.11. The van der Waals surface area contributed by atoms with Crippen molar-refractivity contribution in [1.82, 2.24) is 10.2 Å². The van der Waals surface area contributed by atoms with E-state index in [1.165, 1.54) is 4.90 Å². The Labute approximate surface area is 112 Å². The number of nitrogens with one attached hydrogen (secondary N) is 2. The topological polar surface area (TPSA) is 70.7 Å². The fourth-order valence-corrected chi connectivity index (χ4v) is 1.27. The molecule has 1 rings (SSSR count). The van der Waals surface area contributed by atoms with E-state index in [9.17, 15) is 9.59 Å². The molecule has 0 saturated heterocycles. The Hall–Kier alpha value is -2.08. The number of nitrogens with zero attached hydrogens (tertiary/aromatic N) is 1. The Morgan fingerprint density at radius 3 is 2.37 bits per heavy atom. The van der Waals surface area contributed by atoms with Gasteiger partial charge in [0.25, 0.3) is 5.91 Å². The fraction of sp³-hybridized carbons (Fsp3) is 0.385. The second-order valence-corrected chi connectivity index (χ2v) is 4.18. The van der Waals surface area contributed by atoms with Gasteiger partial charge in [-0.05, 0) is 31.3 Å². The number of benzene rings is 1. The van der Waals surface area contributed by atoms with Crippen molar-refractivity contribution in [3.63, 3.8) is 0 Å². The number of hydrogen-bond donors (Lipinski definition) is 2. The predicted octanol–water partition coefficient (Wildman–Crippen LogP) is 0.311. The Morgan fingerprint density at radius 2 is 1.84 bits per heavy atom. The number of anilines is 1. The van der Waals surface area contributed by atoms with Gasteiger partial charge in [0.2, 0.25) is 5.91 Å². The van der Waals surface area contributed by atoms with Crippen molar-refractivity contribution in [2.75, 3.05) is 39.6 Å². The van der Waals surface area contributed by atoms with Gasteiger partial charge in [-0.3, -0.25) is 9.59 Å². The van der Waals surface area contributed by atoms with Gasteiger partial charge in [-0.15, -0.1) is 0 Å². The molecular weight excluding hydrogens is 246 g/mol. The maximum absolute atomic E-state index is 11.3. The molecule has 6 nitrogen and oxygen atoms in total. The molecule has 0 aliphatic heterocycles. The molecule has 0 aliphatic carbocycles. The molecule has 0 bridgehead atoms. The van der Waals surface area contributed by atoms with Crippen molar-refractivity contribution < 1.29 is 14.3 Å². The first-order chi connectivity index (χ1) is 9.02. The SMILES string of the molecule is CNCC(=O)Nc1ccc(OCC(=O)N(C)C)cc1. The van der Waals surface area contributed by atoms with Crippen LogP contribution in [0.3, 0.4) is 0 Å². The summed E-state index contributed by atoms with van der Waals surface area (Å²) >= 11 is 0. The maximum atomic E-state index is 11.3. The molecule has 0 heterocycles. The molecule has 0 fully saturated rings. The van der Waals surface area contributed by atoms with Crippen LogP contribution in [-0.2, 0) is 9.59 Å². The highest BCUT2D eigenvalue weighted by Crippen LogP contribution is 2.15. The number of likely N-dealkylation sites (N-methyl/N-ethyl adjacent to an activating group) is 2. The molecule has 2 N–H and O–H groups in total. The molecule has 2 amide bonds. The van der Waals surface area contributed by atoms with Crippen LogP contribution in [0.15, 0.2) is 24.3 Å². The first-order valence-electron chi connectivity index (χ1n) is 5.90. The third-order valence-electron chi connectivity index (χ3n) is 2.34. The Bertz CT molecular complexity index is 429. The zero-order valence-electron chi connectivity index (χ0n) is 11.4. The van der Waals surface area contributed by atoms with E-state index in [1.54, 1.807) is 45.4 Å². The van der Waals surface area contributed by atoms with Crippen LogP contribution >= 0.6 is 0 Å². The monoisotopic (exact) mass is 265 g/mol. The van der Waals surface area contributed by atoms with Crippen molar-refractivity contribution in [2.24, 2.45) is 0 Å². The number of hydrogen-bond acceptors (Lipinski definition) is 4. The molecule has 0 atom stereocenters. The zero-order valence-corrected chi connectivity index (χ0v) is 11.4. The minimum atomic E-state index is -0.112. The van der Waals surface area contributed by atoms with Crippen LogP contribution in [0, 0.1) is 0 Å². The summed E-state index contributed by atoms with van der Waals surface area (Å²) in [5.41, 5.74) is 0.687. The summed E-state index contributed by atoms with van der Waals surface area (Å²) in [6.45, 7) is 0.258. The molecular formula is C13H19N3O3. The number of ether oxygens (including phenoxy) is 1. The van der Waals surface area contributed by atoms with Gasteiger partial charge in [0.05, 0.1) is 6.54 Å². The van der Waals surface area contributed by atoms with Crippen LogP contribution in [0.4, 0.5) is 5.69 Å². The second kappa shape index (κ2) is 7.38. The highest BCUT2D eigenvalue weighted by Gasteiger charge is 2.05. The van der Waals surface area contributed by atoms with E-state index in [0.717, 1.165) is 0 Å². The molecule has 6 heteroatoms. The third-order valence-corrected chi connectivity index (χ3v) is 2.34. The van der Waals surface area contributed by atoms with Gasteiger partial charge < -0.3 is 20.3 Å². The summed E-state index contributed by atoms with van der Waals surface area (Å²) in [7, 11) is 5.05. The van der Waals surface area contributed by atoms with Gasteiger partial charge in [0.15, 0.2) is 6.61 Å². The summed E-state index contributed by atoms with van der Waals surface area (Å²) in [5.74, 6) is 0.368. The lowest BCUT2D eigenvalue weighted by Crippen LogP contribution is -2.27. The Kier molecular flexibility index (Phi) is 5.81. The van der Waals surface area contributed by atoms with Gasteiger partial charge in [0.1, 0.15) is 5.75 Å². The van der Waals surface area contributed by atoms with Crippen molar-refractivity contribution in [3.8, 4) is 5.75 Å². The van der Waals surface area contributed by atoms with Crippen LogP contribution < -0.4 is 15.4 Å². The maximum Gasteiger partial charge on any atom is 0.259 e. The van der Waals surface area contributed by atoms with Crippen molar-refractivity contribution in [1.29, 1.82) is 0 Å². The molecule has 1 aromatic carbocycles. The highest BCUT2D eigenvalue weighted by molar-refractivity contribution is 5.92. The van der Waals surface area contributed by atoms with Gasteiger partial charge in [-0.2, -0.15) is 0 Å². The predicted molar refractivity (Wildman–Crippen MR) is 73.2 cm³/mol. The van der Waals surface area contributed by atoms with Gasteiger partial charge in [-0.1, -0.05) is 0 Å². The third kappa shape index (κ3) is 5.39. The van der Waals surface area contributed by atoms with E-state index in [0.29, 0.717) is 11.4 Å². The van der Waals surface area contributed by atoms with Crippen LogP contribution in [-0.4, -0.2) is 51.0 Å². The molecule has 19 heavy (non-hydrogen) atoms. The molecule has 104 valence electrons. The van der Waals surface area contributed by atoms with Crippen molar-refractivity contribution >= 4 is 17.5 Å². The molecule has 1 aromatic rings. The van der Waals surface area contributed by atoms with Gasteiger partial charge in [0, 0.05) is 19.8 Å². The van der Waals surface area contributed by atoms with Crippen LogP contribution in [0.5, 0.6) is 5.75 Å². The van der Waals surface area contributed by atoms with Gasteiger partial charge >= 0.3 is 0 Å². The van der Waals surface area contributed by atoms with Crippen LogP contribution in [0.25, 0.3) is 0 Å². The first-order valence-corrected chi connectivity index (χ1v) is 5.90. The smallest absolute Gasteiger partial charge is 0.259 e. The second-order valence-electron chi connectivity index (χ2n) is 4.18. The van der Waals surface area contributed by atoms with E-state index in [4.69, 9.17) is 4.74 Å². The summed E-state index contributed by atoms with van der Waals surface area (Å²) < 4.78 is 5.32. The van der Waals surface area contributed by atoms with E-state index in [2.05, 4.69) is 10.6 Å². The average Bonchev–Trinajstić information content (AvgIpc) is 2.37. The first kappa shape index (κ1) is 15.0. The lowest BCUT2D eigenvalue weighted by atomic mass is 10.3. The number of carbonyl (C=O) groups excluding carboxylic acids is 2. The molecule has 0 aliphatic rings. The number of rotatable bonds is 6. The fourth-order valence-electron chi connectivity index (χ4n) is 1.27. The summed E-state index contributed by atoms with van der Waals surface area (Å²) in [6, 6.07) is 6.86. The number of amides is 2. The molecule has 0 unspecified atom stereocenters.